The summed E-state index contributed by atoms with van der Waals surface area (Å²) < 4.78 is 0. The summed E-state index contributed by atoms with van der Waals surface area (Å²) in [6.45, 7) is 0. The molecule has 0 saturated heterocycles. The Labute approximate surface area is 328 Å². The fraction of sp³-hybridized carbons (Fsp3) is 0. The fourth-order valence-corrected chi connectivity index (χ4v) is 8.34. The van der Waals surface area contributed by atoms with Gasteiger partial charge in [0.05, 0.1) is 0 Å². The SMILES string of the molecule is c1ccc(-c2cc(-c3ccccc3)cc(-c3ccc(-c4c5ccccc5c(-c5cc(-c6ccccc6)cc(-c6ccccc6)c5)c5ccccc45)cc3)c2)cc1. The molecule has 0 aliphatic heterocycles. The van der Waals surface area contributed by atoms with E-state index >= 15 is 0 Å². The van der Waals surface area contributed by atoms with Crippen LogP contribution in [-0.2, 0) is 0 Å². The fourth-order valence-electron chi connectivity index (χ4n) is 8.34. The molecule has 56 heavy (non-hydrogen) atoms. The summed E-state index contributed by atoms with van der Waals surface area (Å²) in [6, 6.07) is 84.0. The quantitative estimate of drug-likeness (QED) is 0.144. The minimum absolute atomic E-state index is 1.19. The Morgan fingerprint density at radius 1 is 0.143 bits per heavy atom. The first-order chi connectivity index (χ1) is 27.8. The molecule has 10 aromatic rings. The van der Waals surface area contributed by atoms with E-state index in [2.05, 4.69) is 231 Å². The number of fused-ring (bicyclic) bond motifs is 2. The van der Waals surface area contributed by atoms with Crippen molar-refractivity contribution < 1.29 is 0 Å². The molecule has 10 rings (SSSR count). The summed E-state index contributed by atoms with van der Waals surface area (Å²) in [5.74, 6) is 0. The Bertz CT molecular complexity index is 2790. The van der Waals surface area contributed by atoms with Crippen LogP contribution in [0.15, 0.2) is 231 Å². The van der Waals surface area contributed by atoms with E-state index in [0.29, 0.717) is 0 Å². The Balaban J connectivity index is 1.14. The predicted molar refractivity (Wildman–Crippen MR) is 240 cm³/mol. The van der Waals surface area contributed by atoms with E-state index in [0.717, 1.165) is 0 Å². The van der Waals surface area contributed by atoms with Crippen LogP contribution in [0, 0.1) is 0 Å². The molecule has 0 saturated carbocycles. The third-order valence-electron chi connectivity index (χ3n) is 11.0. The lowest BCUT2D eigenvalue weighted by Gasteiger charge is -2.19. The molecule has 0 nitrogen and oxygen atoms in total. The van der Waals surface area contributed by atoms with E-state index in [1.54, 1.807) is 0 Å². The van der Waals surface area contributed by atoms with Gasteiger partial charge < -0.3 is 0 Å². The molecule has 0 fully saturated rings. The summed E-state index contributed by atoms with van der Waals surface area (Å²) in [4.78, 5) is 0. The molecule has 0 bridgehead atoms. The van der Waals surface area contributed by atoms with Gasteiger partial charge in [-0.2, -0.15) is 0 Å². The van der Waals surface area contributed by atoms with Crippen molar-refractivity contribution in [3.05, 3.63) is 231 Å². The van der Waals surface area contributed by atoms with Crippen LogP contribution in [0.2, 0.25) is 0 Å². The molecular formula is C56H38. The minimum Gasteiger partial charge on any atom is -0.0622 e. The molecule has 262 valence electrons. The Morgan fingerprint density at radius 3 is 0.661 bits per heavy atom. The first-order valence-electron chi connectivity index (χ1n) is 19.3. The minimum atomic E-state index is 1.19. The molecule has 0 amide bonds. The molecular weight excluding hydrogens is 673 g/mol. The smallest absolute Gasteiger partial charge is 0.00259 e. The lowest BCUT2D eigenvalue weighted by atomic mass is 9.84. The predicted octanol–water partition coefficient (Wildman–Crippen LogP) is 15.7. The van der Waals surface area contributed by atoms with Crippen LogP contribution in [0.1, 0.15) is 0 Å². The van der Waals surface area contributed by atoms with Gasteiger partial charge in [-0.1, -0.05) is 194 Å². The molecule has 0 unspecified atom stereocenters. The zero-order valence-electron chi connectivity index (χ0n) is 30.9. The van der Waals surface area contributed by atoms with Gasteiger partial charge in [0.25, 0.3) is 0 Å². The standard InChI is InChI=1S/C56H38/c1-5-17-39(18-6-1)45-33-46(40-19-7-2-8-20-40)35-47(34-45)43-29-31-44(32-30-43)55-51-25-13-15-27-53(51)56(54-28-16-14-26-52(54)55)50-37-48(41-21-9-3-10-22-41)36-49(38-50)42-23-11-4-12-24-42/h1-38H. The van der Waals surface area contributed by atoms with Gasteiger partial charge in [-0.05, 0) is 136 Å². The molecule has 0 heterocycles. The van der Waals surface area contributed by atoms with Crippen molar-refractivity contribution >= 4 is 21.5 Å². The van der Waals surface area contributed by atoms with E-state index in [1.807, 2.05) is 0 Å². The highest BCUT2D eigenvalue weighted by Gasteiger charge is 2.18. The van der Waals surface area contributed by atoms with Crippen molar-refractivity contribution in [3.8, 4) is 77.9 Å². The van der Waals surface area contributed by atoms with Crippen LogP contribution in [0.4, 0.5) is 0 Å². The summed E-state index contributed by atoms with van der Waals surface area (Å²) in [5.41, 5.74) is 17.0. The molecule has 0 heteroatoms. The largest absolute Gasteiger partial charge is 0.0622 e. The average Bonchev–Trinajstić information content (AvgIpc) is 3.29. The van der Waals surface area contributed by atoms with E-state index < -0.39 is 0 Å². The van der Waals surface area contributed by atoms with E-state index in [4.69, 9.17) is 0 Å². The lowest BCUT2D eigenvalue weighted by Crippen LogP contribution is -1.92. The third kappa shape index (κ3) is 6.28. The van der Waals surface area contributed by atoms with Crippen molar-refractivity contribution in [2.45, 2.75) is 0 Å². The van der Waals surface area contributed by atoms with Crippen LogP contribution in [0.25, 0.3) is 99.4 Å². The number of hydrogen-bond donors (Lipinski definition) is 0. The molecule has 0 radical (unpaired) electrons. The maximum Gasteiger partial charge on any atom is -0.00259 e. The number of rotatable bonds is 7. The maximum absolute atomic E-state index is 2.37. The molecule has 10 aromatic carbocycles. The highest BCUT2D eigenvalue weighted by Crippen LogP contribution is 2.45. The summed E-state index contributed by atoms with van der Waals surface area (Å²) in [7, 11) is 0. The zero-order valence-corrected chi connectivity index (χ0v) is 30.9. The van der Waals surface area contributed by atoms with Crippen molar-refractivity contribution in [3.63, 3.8) is 0 Å². The molecule has 0 spiro atoms. The Kier molecular flexibility index (Phi) is 8.63. The normalized spacial score (nSPS) is 11.2. The first kappa shape index (κ1) is 33.3. The van der Waals surface area contributed by atoms with Gasteiger partial charge in [0.1, 0.15) is 0 Å². The third-order valence-corrected chi connectivity index (χ3v) is 11.0. The van der Waals surface area contributed by atoms with Gasteiger partial charge in [-0.25, -0.2) is 0 Å². The van der Waals surface area contributed by atoms with E-state index in [9.17, 15) is 0 Å². The van der Waals surface area contributed by atoms with E-state index in [-0.39, 0.29) is 0 Å². The molecule has 0 N–H and O–H groups in total. The highest BCUT2D eigenvalue weighted by atomic mass is 14.2. The van der Waals surface area contributed by atoms with Crippen LogP contribution in [-0.4, -0.2) is 0 Å². The topological polar surface area (TPSA) is 0 Å². The number of benzene rings is 10. The monoisotopic (exact) mass is 710 g/mol. The summed E-state index contributed by atoms with van der Waals surface area (Å²) >= 11 is 0. The van der Waals surface area contributed by atoms with E-state index in [1.165, 1.54) is 99.4 Å². The highest BCUT2D eigenvalue weighted by molar-refractivity contribution is 6.21. The van der Waals surface area contributed by atoms with Gasteiger partial charge in [-0.15, -0.1) is 0 Å². The maximum atomic E-state index is 2.37. The number of hydrogen-bond acceptors (Lipinski definition) is 0. The van der Waals surface area contributed by atoms with Gasteiger partial charge in [0.15, 0.2) is 0 Å². The van der Waals surface area contributed by atoms with Crippen LogP contribution >= 0.6 is 0 Å². The second kappa shape index (κ2) is 14.5. The first-order valence-corrected chi connectivity index (χ1v) is 19.3. The molecule has 0 atom stereocenters. The lowest BCUT2D eigenvalue weighted by molar-refractivity contribution is 1.56. The average molecular weight is 711 g/mol. The van der Waals surface area contributed by atoms with Gasteiger partial charge in [-0.3, -0.25) is 0 Å². The summed E-state index contributed by atoms with van der Waals surface area (Å²) in [5, 5.41) is 4.99. The molecule has 0 aromatic heterocycles. The van der Waals surface area contributed by atoms with Crippen molar-refractivity contribution in [2.24, 2.45) is 0 Å². The molecule has 0 aliphatic carbocycles. The summed E-state index contributed by atoms with van der Waals surface area (Å²) in [6.07, 6.45) is 0. The van der Waals surface area contributed by atoms with Crippen LogP contribution in [0.5, 0.6) is 0 Å². The van der Waals surface area contributed by atoms with Crippen LogP contribution in [0.3, 0.4) is 0 Å². The van der Waals surface area contributed by atoms with Gasteiger partial charge in [0.2, 0.25) is 0 Å². The van der Waals surface area contributed by atoms with Crippen molar-refractivity contribution in [1.82, 2.24) is 0 Å². The second-order valence-electron chi connectivity index (χ2n) is 14.5. The van der Waals surface area contributed by atoms with Gasteiger partial charge >= 0.3 is 0 Å². The van der Waals surface area contributed by atoms with Crippen LogP contribution < -0.4 is 0 Å². The van der Waals surface area contributed by atoms with Crippen molar-refractivity contribution in [2.75, 3.05) is 0 Å². The second-order valence-corrected chi connectivity index (χ2v) is 14.5. The Hall–Kier alpha value is -7.28. The Morgan fingerprint density at radius 2 is 0.357 bits per heavy atom. The van der Waals surface area contributed by atoms with Gasteiger partial charge in [0, 0.05) is 0 Å². The molecule has 0 aliphatic rings. The zero-order chi connectivity index (χ0) is 37.3. The van der Waals surface area contributed by atoms with Crippen molar-refractivity contribution in [1.29, 1.82) is 0 Å².